The van der Waals surface area contributed by atoms with E-state index in [1.807, 2.05) is 6.07 Å². The maximum absolute atomic E-state index is 12.2. The van der Waals surface area contributed by atoms with Crippen LogP contribution in [0, 0.1) is 17.2 Å². The summed E-state index contributed by atoms with van der Waals surface area (Å²) in [5.74, 6) is 0.577. The van der Waals surface area contributed by atoms with Crippen molar-refractivity contribution in [1.82, 2.24) is 4.31 Å². The summed E-state index contributed by atoms with van der Waals surface area (Å²) in [7, 11) is -3.30. The van der Waals surface area contributed by atoms with E-state index in [1.54, 1.807) is 0 Å². The summed E-state index contributed by atoms with van der Waals surface area (Å²) in [4.78, 5) is 11.5. The number of carbonyl (C=O) groups excluding carboxylic acids is 1. The number of hydrogen-bond acceptors (Lipinski definition) is 4. The Morgan fingerprint density at radius 2 is 2.11 bits per heavy atom. The van der Waals surface area contributed by atoms with Crippen molar-refractivity contribution in [3.05, 3.63) is 0 Å². The van der Waals surface area contributed by atoms with E-state index in [2.05, 4.69) is 0 Å². The number of ketones is 1. The first-order chi connectivity index (χ1) is 8.54. The van der Waals surface area contributed by atoms with E-state index in [0.717, 1.165) is 12.8 Å². The first kappa shape index (κ1) is 13.5. The summed E-state index contributed by atoms with van der Waals surface area (Å²) in [6.07, 6.45) is 3.41. The Balaban J connectivity index is 2.04. The molecule has 0 bridgehead atoms. The number of rotatable bonds is 5. The molecule has 2 aliphatic rings. The highest BCUT2D eigenvalue weighted by atomic mass is 32.2. The number of piperidine rings is 1. The lowest BCUT2D eigenvalue weighted by Gasteiger charge is -2.34. The third kappa shape index (κ3) is 3.09. The van der Waals surface area contributed by atoms with Crippen molar-refractivity contribution in [3.8, 4) is 6.07 Å². The van der Waals surface area contributed by atoms with Crippen molar-refractivity contribution < 1.29 is 13.2 Å². The molecule has 0 N–H and O–H groups in total. The van der Waals surface area contributed by atoms with Crippen molar-refractivity contribution in [2.75, 3.05) is 12.3 Å². The smallest absolute Gasteiger partial charge is 0.214 e. The molecule has 5 nitrogen and oxygen atoms in total. The van der Waals surface area contributed by atoms with Gasteiger partial charge in [0.25, 0.3) is 0 Å². The molecule has 0 radical (unpaired) electrons. The summed E-state index contributed by atoms with van der Waals surface area (Å²) in [6.45, 7) is 0.328. The summed E-state index contributed by atoms with van der Waals surface area (Å²) in [6, 6.07) is 1.85. The van der Waals surface area contributed by atoms with Crippen LogP contribution < -0.4 is 0 Å². The van der Waals surface area contributed by atoms with Gasteiger partial charge in [0.1, 0.15) is 5.78 Å². The van der Waals surface area contributed by atoms with E-state index >= 15 is 0 Å². The van der Waals surface area contributed by atoms with Gasteiger partial charge in [-0.3, -0.25) is 4.79 Å². The zero-order valence-electron chi connectivity index (χ0n) is 10.3. The largest absolute Gasteiger partial charge is 0.300 e. The van der Waals surface area contributed by atoms with Crippen LogP contribution in [0.5, 0.6) is 0 Å². The number of Topliss-reactive ketones (excluding diaryl/α,β-unsaturated/α-hetero) is 1. The molecule has 18 heavy (non-hydrogen) atoms. The molecule has 0 unspecified atom stereocenters. The predicted molar refractivity (Wildman–Crippen MR) is 66.1 cm³/mol. The predicted octanol–water partition coefficient (Wildman–Crippen LogP) is 1.06. The molecular formula is C12H18N2O3S. The fourth-order valence-electron chi connectivity index (χ4n) is 2.52. The molecule has 6 heteroatoms. The van der Waals surface area contributed by atoms with Crippen molar-refractivity contribution in [3.63, 3.8) is 0 Å². The third-order valence-corrected chi connectivity index (χ3v) is 5.60. The Morgan fingerprint density at radius 1 is 1.39 bits per heavy atom. The Morgan fingerprint density at radius 3 is 2.72 bits per heavy atom. The lowest BCUT2D eigenvalue weighted by atomic mass is 10.00. The first-order valence-electron chi connectivity index (χ1n) is 6.43. The average molecular weight is 270 g/mol. The fraction of sp³-hybridized carbons (Fsp3) is 0.833. The molecule has 1 heterocycles. The van der Waals surface area contributed by atoms with E-state index < -0.39 is 10.0 Å². The zero-order chi connectivity index (χ0) is 13.2. The highest BCUT2D eigenvalue weighted by Crippen LogP contribution is 2.39. The van der Waals surface area contributed by atoms with Crippen LogP contribution in [-0.4, -0.2) is 36.8 Å². The standard InChI is InChI=1S/C12H18N2O3S/c13-6-1-2-8-18(16,17)14-7-5-11(15)9-12(14)10-3-4-10/h10,12H,1-5,7-9H2/t12-/m0/s1. The van der Waals surface area contributed by atoms with E-state index in [-0.39, 0.29) is 24.0 Å². The van der Waals surface area contributed by atoms with E-state index in [9.17, 15) is 13.2 Å². The lowest BCUT2D eigenvalue weighted by Crippen LogP contribution is -2.48. The minimum absolute atomic E-state index is 0.0258. The molecule has 100 valence electrons. The zero-order valence-corrected chi connectivity index (χ0v) is 11.2. The van der Waals surface area contributed by atoms with Gasteiger partial charge in [-0.2, -0.15) is 9.57 Å². The second kappa shape index (κ2) is 5.37. The first-order valence-corrected chi connectivity index (χ1v) is 8.03. The van der Waals surface area contributed by atoms with Crippen LogP contribution in [0.4, 0.5) is 0 Å². The maximum Gasteiger partial charge on any atom is 0.214 e. The lowest BCUT2D eigenvalue weighted by molar-refractivity contribution is -0.122. The van der Waals surface area contributed by atoms with E-state index in [1.165, 1.54) is 4.31 Å². The highest BCUT2D eigenvalue weighted by molar-refractivity contribution is 7.89. The van der Waals surface area contributed by atoms with Crippen LogP contribution in [0.2, 0.25) is 0 Å². The number of sulfonamides is 1. The van der Waals surface area contributed by atoms with Gasteiger partial charge in [-0.1, -0.05) is 0 Å². The second-order valence-electron chi connectivity index (χ2n) is 5.09. The molecule has 1 saturated heterocycles. The van der Waals surface area contributed by atoms with Crippen LogP contribution in [-0.2, 0) is 14.8 Å². The molecule has 1 atom stereocenters. The van der Waals surface area contributed by atoms with E-state index in [0.29, 0.717) is 31.7 Å². The minimum Gasteiger partial charge on any atom is -0.300 e. The number of carbonyl (C=O) groups is 1. The molecule has 0 aromatic carbocycles. The average Bonchev–Trinajstić information content (AvgIpc) is 3.12. The number of nitriles is 1. The second-order valence-corrected chi connectivity index (χ2v) is 7.13. The summed E-state index contributed by atoms with van der Waals surface area (Å²) < 4.78 is 26.0. The molecule has 0 aromatic heterocycles. The van der Waals surface area contributed by atoms with Gasteiger partial charge in [-0.25, -0.2) is 8.42 Å². The van der Waals surface area contributed by atoms with Crippen LogP contribution in [0.1, 0.15) is 38.5 Å². The number of unbranched alkanes of at least 4 members (excludes halogenated alkanes) is 1. The minimum atomic E-state index is -3.30. The molecule has 1 saturated carbocycles. The summed E-state index contributed by atoms with van der Waals surface area (Å²) >= 11 is 0. The molecule has 1 aliphatic heterocycles. The third-order valence-electron chi connectivity index (χ3n) is 3.63. The van der Waals surface area contributed by atoms with Gasteiger partial charge in [-0.05, 0) is 25.2 Å². The van der Waals surface area contributed by atoms with Crippen molar-refractivity contribution in [2.45, 2.75) is 44.6 Å². The van der Waals surface area contributed by atoms with Gasteiger partial charge in [0.15, 0.2) is 0 Å². The van der Waals surface area contributed by atoms with Gasteiger partial charge >= 0.3 is 0 Å². The summed E-state index contributed by atoms with van der Waals surface area (Å²) in [5, 5.41) is 8.46. The van der Waals surface area contributed by atoms with Gasteiger partial charge < -0.3 is 0 Å². The van der Waals surface area contributed by atoms with Crippen molar-refractivity contribution >= 4 is 15.8 Å². The Hall–Kier alpha value is -0.930. The SMILES string of the molecule is N#CCCCS(=O)(=O)N1CCC(=O)C[C@H]1C1CC1. The van der Waals surface area contributed by atoms with Gasteiger partial charge in [0, 0.05) is 31.8 Å². The highest BCUT2D eigenvalue weighted by Gasteiger charge is 2.43. The quantitative estimate of drug-likeness (QED) is 0.700. The Bertz CT molecular complexity index is 462. The summed E-state index contributed by atoms with van der Waals surface area (Å²) in [5.41, 5.74) is 0. The van der Waals surface area contributed by atoms with Gasteiger partial charge in [0.05, 0.1) is 11.8 Å². The topological polar surface area (TPSA) is 78.2 Å². The van der Waals surface area contributed by atoms with Crippen LogP contribution in [0.15, 0.2) is 0 Å². The Kier molecular flexibility index (Phi) is 4.03. The molecular weight excluding hydrogens is 252 g/mol. The fourth-order valence-corrected chi connectivity index (χ4v) is 4.29. The van der Waals surface area contributed by atoms with Crippen molar-refractivity contribution in [2.24, 2.45) is 5.92 Å². The molecule has 0 aromatic rings. The number of nitrogens with zero attached hydrogens (tertiary/aromatic N) is 2. The monoisotopic (exact) mass is 270 g/mol. The van der Waals surface area contributed by atoms with Crippen molar-refractivity contribution in [1.29, 1.82) is 5.26 Å². The number of hydrogen-bond donors (Lipinski definition) is 0. The molecule has 2 fully saturated rings. The van der Waals surface area contributed by atoms with Crippen LogP contribution in [0.25, 0.3) is 0 Å². The Labute approximate surface area is 108 Å². The van der Waals surface area contributed by atoms with Gasteiger partial charge in [-0.15, -0.1) is 0 Å². The van der Waals surface area contributed by atoms with Crippen LogP contribution in [0.3, 0.4) is 0 Å². The maximum atomic E-state index is 12.2. The molecule has 0 spiro atoms. The molecule has 0 amide bonds. The molecule has 2 rings (SSSR count). The van der Waals surface area contributed by atoms with E-state index in [4.69, 9.17) is 5.26 Å². The van der Waals surface area contributed by atoms with Crippen LogP contribution >= 0.6 is 0 Å². The molecule has 1 aliphatic carbocycles. The van der Waals surface area contributed by atoms with Gasteiger partial charge in [0.2, 0.25) is 10.0 Å². The normalized spacial score (nSPS) is 25.9.